The lowest BCUT2D eigenvalue weighted by Crippen LogP contribution is -2.39. The Bertz CT molecular complexity index is 900. The summed E-state index contributed by atoms with van der Waals surface area (Å²) < 4.78 is 16.8. The highest BCUT2D eigenvalue weighted by Crippen LogP contribution is 2.42. The Labute approximate surface area is 165 Å². The number of ether oxygens (including phenoxy) is 3. The fraction of sp³-hybridized carbons (Fsp3) is 0.208. The lowest BCUT2D eigenvalue weighted by atomic mass is 9.69. The molecule has 28 heavy (non-hydrogen) atoms. The monoisotopic (exact) mass is 373 g/mol. The standard InChI is InChI=1S/C24H23NO3/c1-26-21-12-8-19(9-13-21)24(23-25-16-17-28-23,18-6-4-3-5-7-18)20-10-14-22(27-2)15-11-20/h3-15H,16-17H2,1-2H3. The van der Waals surface area contributed by atoms with E-state index >= 15 is 0 Å². The van der Waals surface area contributed by atoms with Crippen LogP contribution in [0, 0.1) is 0 Å². The second-order valence-corrected chi connectivity index (χ2v) is 6.61. The van der Waals surface area contributed by atoms with Crippen LogP contribution in [0.15, 0.2) is 83.9 Å². The summed E-state index contributed by atoms with van der Waals surface area (Å²) in [5, 5.41) is 0. The second kappa shape index (κ2) is 7.77. The largest absolute Gasteiger partial charge is 0.497 e. The third kappa shape index (κ3) is 3.01. The minimum Gasteiger partial charge on any atom is -0.497 e. The fourth-order valence-electron chi connectivity index (χ4n) is 3.80. The summed E-state index contributed by atoms with van der Waals surface area (Å²) >= 11 is 0. The number of methoxy groups -OCH3 is 2. The first kappa shape index (κ1) is 18.1. The molecule has 0 aliphatic carbocycles. The number of benzene rings is 3. The maximum Gasteiger partial charge on any atom is 0.203 e. The Morgan fingerprint density at radius 2 is 1.21 bits per heavy atom. The van der Waals surface area contributed by atoms with E-state index in [1.807, 2.05) is 42.5 Å². The van der Waals surface area contributed by atoms with Crippen LogP contribution in [-0.2, 0) is 10.2 Å². The third-order valence-corrected chi connectivity index (χ3v) is 5.16. The van der Waals surface area contributed by atoms with Gasteiger partial charge in [0.15, 0.2) is 0 Å². The molecule has 0 aromatic heterocycles. The Hall–Kier alpha value is -3.27. The summed E-state index contributed by atoms with van der Waals surface area (Å²) in [7, 11) is 3.35. The van der Waals surface area contributed by atoms with Crippen molar-refractivity contribution in [1.82, 2.24) is 0 Å². The van der Waals surface area contributed by atoms with E-state index in [-0.39, 0.29) is 0 Å². The van der Waals surface area contributed by atoms with Crippen molar-refractivity contribution < 1.29 is 14.2 Å². The molecular weight excluding hydrogens is 350 g/mol. The molecule has 0 amide bonds. The molecule has 0 saturated heterocycles. The molecule has 3 aromatic rings. The van der Waals surface area contributed by atoms with Crippen molar-refractivity contribution in [3.63, 3.8) is 0 Å². The number of hydrogen-bond donors (Lipinski definition) is 0. The Morgan fingerprint density at radius 1 is 0.714 bits per heavy atom. The zero-order chi connectivity index (χ0) is 19.4. The molecule has 1 heterocycles. The summed E-state index contributed by atoms with van der Waals surface area (Å²) in [6.07, 6.45) is 0. The number of nitrogens with zero attached hydrogens (tertiary/aromatic N) is 1. The van der Waals surface area contributed by atoms with Gasteiger partial charge >= 0.3 is 0 Å². The third-order valence-electron chi connectivity index (χ3n) is 5.16. The topological polar surface area (TPSA) is 40.0 Å². The van der Waals surface area contributed by atoms with Gasteiger partial charge in [-0.3, -0.25) is 4.99 Å². The van der Waals surface area contributed by atoms with Crippen molar-refractivity contribution in [3.8, 4) is 11.5 Å². The molecule has 4 heteroatoms. The lowest BCUT2D eigenvalue weighted by Gasteiger charge is -2.35. The SMILES string of the molecule is COc1ccc(C(C2=NCCO2)(c2ccccc2)c2ccc(OC)cc2)cc1. The quantitative estimate of drug-likeness (QED) is 0.599. The van der Waals surface area contributed by atoms with Crippen LogP contribution in [-0.4, -0.2) is 33.3 Å². The summed E-state index contributed by atoms with van der Waals surface area (Å²) in [5.41, 5.74) is 2.61. The molecule has 1 aliphatic heterocycles. The maximum absolute atomic E-state index is 6.08. The highest BCUT2D eigenvalue weighted by molar-refractivity contribution is 5.97. The number of rotatable bonds is 6. The van der Waals surface area contributed by atoms with Crippen LogP contribution < -0.4 is 9.47 Å². The molecule has 4 rings (SSSR count). The van der Waals surface area contributed by atoms with Crippen LogP contribution in [0.4, 0.5) is 0 Å². The maximum atomic E-state index is 6.08. The van der Waals surface area contributed by atoms with Gasteiger partial charge in [-0.1, -0.05) is 54.6 Å². The molecule has 0 atom stereocenters. The van der Waals surface area contributed by atoms with Gasteiger partial charge < -0.3 is 14.2 Å². The molecule has 0 saturated carbocycles. The molecule has 0 N–H and O–H groups in total. The first-order valence-electron chi connectivity index (χ1n) is 9.31. The van der Waals surface area contributed by atoms with Crippen molar-refractivity contribution in [3.05, 3.63) is 95.6 Å². The fourth-order valence-corrected chi connectivity index (χ4v) is 3.80. The average molecular weight is 373 g/mol. The first-order valence-corrected chi connectivity index (χ1v) is 9.31. The van der Waals surface area contributed by atoms with Gasteiger partial charge in [0.1, 0.15) is 23.5 Å². The van der Waals surface area contributed by atoms with Gasteiger partial charge in [-0.2, -0.15) is 0 Å². The van der Waals surface area contributed by atoms with Crippen LogP contribution in [0.3, 0.4) is 0 Å². The van der Waals surface area contributed by atoms with E-state index in [4.69, 9.17) is 19.2 Å². The van der Waals surface area contributed by atoms with Gasteiger partial charge in [0, 0.05) is 0 Å². The lowest BCUT2D eigenvalue weighted by molar-refractivity contribution is 0.326. The normalized spacial score (nSPS) is 13.6. The van der Waals surface area contributed by atoms with E-state index in [2.05, 4.69) is 36.4 Å². The zero-order valence-corrected chi connectivity index (χ0v) is 16.1. The molecule has 4 nitrogen and oxygen atoms in total. The minimum absolute atomic E-state index is 0.593. The van der Waals surface area contributed by atoms with Crippen LogP contribution in [0.5, 0.6) is 11.5 Å². The van der Waals surface area contributed by atoms with Crippen LogP contribution in [0.1, 0.15) is 16.7 Å². The number of hydrogen-bond acceptors (Lipinski definition) is 4. The molecule has 0 spiro atoms. The molecule has 0 fully saturated rings. The molecule has 0 bridgehead atoms. The van der Waals surface area contributed by atoms with E-state index in [1.54, 1.807) is 14.2 Å². The highest BCUT2D eigenvalue weighted by atomic mass is 16.5. The van der Waals surface area contributed by atoms with Gasteiger partial charge in [0.2, 0.25) is 5.90 Å². The average Bonchev–Trinajstić information content (AvgIpc) is 3.31. The predicted octanol–water partition coefficient (Wildman–Crippen LogP) is 4.47. The van der Waals surface area contributed by atoms with Crippen molar-refractivity contribution in [2.24, 2.45) is 4.99 Å². The van der Waals surface area contributed by atoms with E-state index in [0.29, 0.717) is 19.0 Å². The summed E-state index contributed by atoms with van der Waals surface area (Å²) in [6, 6.07) is 26.6. The smallest absolute Gasteiger partial charge is 0.203 e. The Kier molecular flexibility index (Phi) is 5.02. The van der Waals surface area contributed by atoms with Gasteiger partial charge in [-0.15, -0.1) is 0 Å². The van der Waals surface area contributed by atoms with E-state index in [9.17, 15) is 0 Å². The zero-order valence-electron chi connectivity index (χ0n) is 16.1. The van der Waals surface area contributed by atoms with Crippen LogP contribution in [0.25, 0.3) is 0 Å². The summed E-state index contributed by atoms with van der Waals surface area (Å²) in [4.78, 5) is 4.75. The van der Waals surface area contributed by atoms with E-state index in [1.165, 1.54) is 0 Å². The first-order chi connectivity index (χ1) is 13.8. The summed E-state index contributed by atoms with van der Waals surface area (Å²) in [5.74, 6) is 2.35. The van der Waals surface area contributed by atoms with Crippen molar-refractivity contribution in [1.29, 1.82) is 0 Å². The molecule has 0 radical (unpaired) electrons. The Balaban J connectivity index is 2.01. The molecule has 3 aromatic carbocycles. The van der Waals surface area contributed by atoms with Crippen LogP contribution in [0.2, 0.25) is 0 Å². The minimum atomic E-state index is -0.643. The summed E-state index contributed by atoms with van der Waals surface area (Å²) in [6.45, 7) is 1.26. The molecule has 0 unspecified atom stereocenters. The van der Waals surface area contributed by atoms with Crippen molar-refractivity contribution in [2.75, 3.05) is 27.4 Å². The molecule has 1 aliphatic rings. The second-order valence-electron chi connectivity index (χ2n) is 6.61. The van der Waals surface area contributed by atoms with Gasteiger partial charge in [-0.25, -0.2) is 0 Å². The van der Waals surface area contributed by atoms with Gasteiger partial charge in [0.25, 0.3) is 0 Å². The number of aliphatic imine (C=N–C) groups is 1. The molecular formula is C24H23NO3. The van der Waals surface area contributed by atoms with Gasteiger partial charge in [0.05, 0.1) is 20.8 Å². The van der Waals surface area contributed by atoms with Crippen molar-refractivity contribution >= 4 is 5.90 Å². The van der Waals surface area contributed by atoms with Gasteiger partial charge in [-0.05, 0) is 41.0 Å². The van der Waals surface area contributed by atoms with Crippen LogP contribution >= 0.6 is 0 Å². The molecule has 142 valence electrons. The predicted molar refractivity (Wildman–Crippen MR) is 111 cm³/mol. The Morgan fingerprint density at radius 3 is 1.64 bits per heavy atom. The van der Waals surface area contributed by atoms with E-state index in [0.717, 1.165) is 28.2 Å². The highest BCUT2D eigenvalue weighted by Gasteiger charge is 2.44. The van der Waals surface area contributed by atoms with Crippen molar-refractivity contribution in [2.45, 2.75) is 5.41 Å². The van der Waals surface area contributed by atoms with E-state index < -0.39 is 5.41 Å².